The van der Waals surface area contributed by atoms with Gasteiger partial charge in [0.15, 0.2) is 0 Å². The number of rotatable bonds is 5. The minimum Gasteiger partial charge on any atom is -0.389 e. The topological polar surface area (TPSA) is 32.3 Å². The molecule has 0 spiro atoms. The Morgan fingerprint density at radius 1 is 1.35 bits per heavy atom. The highest BCUT2D eigenvalue weighted by Gasteiger charge is 2.32. The van der Waals surface area contributed by atoms with Crippen LogP contribution in [-0.4, -0.2) is 17.3 Å². The van der Waals surface area contributed by atoms with Crippen LogP contribution in [0.15, 0.2) is 24.3 Å². The molecule has 0 bridgehead atoms. The highest BCUT2D eigenvalue weighted by atomic mass is 16.3. The van der Waals surface area contributed by atoms with Crippen molar-refractivity contribution < 1.29 is 5.11 Å². The van der Waals surface area contributed by atoms with Crippen LogP contribution in [0.5, 0.6) is 0 Å². The number of aliphatic hydroxyl groups is 1. The second kappa shape index (κ2) is 5.87. The van der Waals surface area contributed by atoms with Gasteiger partial charge in [-0.1, -0.05) is 51.5 Å². The predicted octanol–water partition coefficient (Wildman–Crippen LogP) is 3.94. The fourth-order valence-corrected chi connectivity index (χ4v) is 3.39. The van der Waals surface area contributed by atoms with Crippen molar-refractivity contribution in [1.29, 1.82) is 0 Å². The first-order valence-electron chi connectivity index (χ1n) is 7.91. The molecule has 1 aliphatic rings. The average Bonchev–Trinajstić information content (AvgIpc) is 2.38. The highest BCUT2D eigenvalue weighted by Crippen LogP contribution is 2.41. The van der Waals surface area contributed by atoms with Gasteiger partial charge in [0.05, 0.1) is 5.60 Å². The molecule has 0 radical (unpaired) electrons. The standard InChI is InChI=1S/C18H29NO/c1-5-11-18(4,20)13-19-16-10-12-17(2,3)15-9-7-6-8-14(15)16/h6-9,16,19-20H,5,10-13H2,1-4H3. The highest BCUT2D eigenvalue weighted by molar-refractivity contribution is 5.38. The van der Waals surface area contributed by atoms with Crippen LogP contribution in [0.2, 0.25) is 0 Å². The van der Waals surface area contributed by atoms with Crippen LogP contribution in [0.3, 0.4) is 0 Å². The maximum absolute atomic E-state index is 10.3. The molecule has 2 atom stereocenters. The molecule has 0 saturated carbocycles. The Balaban J connectivity index is 2.11. The largest absolute Gasteiger partial charge is 0.389 e. The molecule has 1 aliphatic carbocycles. The Labute approximate surface area is 123 Å². The van der Waals surface area contributed by atoms with E-state index in [1.165, 1.54) is 17.5 Å². The van der Waals surface area contributed by atoms with E-state index in [0.29, 0.717) is 12.6 Å². The zero-order valence-electron chi connectivity index (χ0n) is 13.4. The fourth-order valence-electron chi connectivity index (χ4n) is 3.39. The molecule has 20 heavy (non-hydrogen) atoms. The minimum atomic E-state index is -0.601. The number of hydrogen-bond donors (Lipinski definition) is 2. The van der Waals surface area contributed by atoms with E-state index in [9.17, 15) is 5.11 Å². The summed E-state index contributed by atoms with van der Waals surface area (Å²) in [5.41, 5.74) is 2.53. The first-order valence-corrected chi connectivity index (χ1v) is 7.91. The van der Waals surface area contributed by atoms with Crippen LogP contribution in [0.25, 0.3) is 0 Å². The Morgan fingerprint density at radius 2 is 2.05 bits per heavy atom. The SMILES string of the molecule is CCCC(C)(O)CNC1CCC(C)(C)c2ccccc21. The van der Waals surface area contributed by atoms with Crippen molar-refractivity contribution in [1.82, 2.24) is 5.32 Å². The van der Waals surface area contributed by atoms with Crippen molar-refractivity contribution >= 4 is 0 Å². The van der Waals surface area contributed by atoms with Crippen molar-refractivity contribution in [2.75, 3.05) is 6.54 Å². The molecule has 2 nitrogen and oxygen atoms in total. The maximum Gasteiger partial charge on any atom is 0.0743 e. The Kier molecular flexibility index (Phi) is 4.55. The van der Waals surface area contributed by atoms with Gasteiger partial charge in [0.1, 0.15) is 0 Å². The number of hydrogen-bond acceptors (Lipinski definition) is 2. The molecule has 112 valence electrons. The number of nitrogens with one attached hydrogen (secondary N) is 1. The Hall–Kier alpha value is -0.860. The summed E-state index contributed by atoms with van der Waals surface area (Å²) in [6, 6.07) is 9.13. The molecule has 0 saturated heterocycles. The minimum absolute atomic E-state index is 0.265. The molecule has 0 fully saturated rings. The van der Waals surface area contributed by atoms with Gasteiger partial charge in [-0.25, -0.2) is 0 Å². The molecule has 0 amide bonds. The first-order chi connectivity index (χ1) is 9.36. The van der Waals surface area contributed by atoms with Crippen molar-refractivity contribution in [2.45, 2.75) is 70.4 Å². The van der Waals surface area contributed by atoms with Crippen LogP contribution < -0.4 is 5.32 Å². The van der Waals surface area contributed by atoms with E-state index in [1.807, 2.05) is 6.92 Å². The van der Waals surface area contributed by atoms with E-state index in [2.05, 4.69) is 50.4 Å². The molecular formula is C18H29NO. The van der Waals surface area contributed by atoms with Crippen molar-refractivity contribution in [3.05, 3.63) is 35.4 Å². The average molecular weight is 275 g/mol. The van der Waals surface area contributed by atoms with Gasteiger partial charge in [-0.05, 0) is 42.7 Å². The van der Waals surface area contributed by atoms with Crippen LogP contribution in [0, 0.1) is 0 Å². The summed E-state index contributed by atoms with van der Waals surface area (Å²) >= 11 is 0. The molecule has 0 aromatic heterocycles. The zero-order chi connectivity index (χ0) is 14.8. The lowest BCUT2D eigenvalue weighted by Gasteiger charge is -2.38. The third-order valence-electron chi connectivity index (χ3n) is 4.64. The quantitative estimate of drug-likeness (QED) is 0.853. The molecule has 0 heterocycles. The summed E-state index contributed by atoms with van der Waals surface area (Å²) < 4.78 is 0. The van der Waals surface area contributed by atoms with E-state index < -0.39 is 5.60 Å². The smallest absolute Gasteiger partial charge is 0.0743 e. The number of fused-ring (bicyclic) bond motifs is 1. The van der Waals surface area contributed by atoms with E-state index in [4.69, 9.17) is 0 Å². The van der Waals surface area contributed by atoms with Gasteiger partial charge in [-0.15, -0.1) is 0 Å². The lowest BCUT2D eigenvalue weighted by molar-refractivity contribution is 0.0461. The van der Waals surface area contributed by atoms with Gasteiger partial charge in [-0.2, -0.15) is 0 Å². The monoisotopic (exact) mass is 275 g/mol. The van der Waals surface area contributed by atoms with Crippen LogP contribution in [-0.2, 0) is 5.41 Å². The Bertz CT molecular complexity index is 450. The molecule has 2 rings (SSSR count). The van der Waals surface area contributed by atoms with Crippen LogP contribution >= 0.6 is 0 Å². The third kappa shape index (κ3) is 3.42. The van der Waals surface area contributed by atoms with Crippen molar-refractivity contribution in [3.63, 3.8) is 0 Å². The van der Waals surface area contributed by atoms with Crippen LogP contribution in [0.1, 0.15) is 70.5 Å². The Morgan fingerprint density at radius 3 is 2.75 bits per heavy atom. The van der Waals surface area contributed by atoms with Gasteiger partial charge in [0, 0.05) is 12.6 Å². The summed E-state index contributed by atoms with van der Waals surface area (Å²) in [6.07, 6.45) is 4.20. The first kappa shape index (κ1) is 15.5. The van der Waals surface area contributed by atoms with Gasteiger partial charge < -0.3 is 10.4 Å². The van der Waals surface area contributed by atoms with Gasteiger partial charge in [-0.3, -0.25) is 0 Å². The zero-order valence-corrected chi connectivity index (χ0v) is 13.4. The molecule has 2 unspecified atom stereocenters. The lowest BCUT2D eigenvalue weighted by Crippen LogP contribution is -2.41. The predicted molar refractivity (Wildman–Crippen MR) is 85.0 cm³/mol. The van der Waals surface area contributed by atoms with E-state index in [-0.39, 0.29) is 5.41 Å². The molecule has 1 aromatic rings. The molecular weight excluding hydrogens is 246 g/mol. The van der Waals surface area contributed by atoms with Gasteiger partial charge >= 0.3 is 0 Å². The van der Waals surface area contributed by atoms with Crippen molar-refractivity contribution in [2.24, 2.45) is 0 Å². The second-order valence-corrected chi connectivity index (χ2v) is 7.19. The molecule has 2 N–H and O–H groups in total. The summed E-state index contributed by atoms with van der Waals surface area (Å²) in [7, 11) is 0. The summed E-state index contributed by atoms with van der Waals surface area (Å²) in [5.74, 6) is 0. The normalized spacial score (nSPS) is 23.9. The summed E-state index contributed by atoms with van der Waals surface area (Å²) in [4.78, 5) is 0. The molecule has 0 aliphatic heterocycles. The summed E-state index contributed by atoms with van der Waals surface area (Å²) in [5, 5.41) is 13.9. The molecule has 1 aromatic carbocycles. The van der Waals surface area contributed by atoms with E-state index >= 15 is 0 Å². The van der Waals surface area contributed by atoms with Crippen molar-refractivity contribution in [3.8, 4) is 0 Å². The summed E-state index contributed by atoms with van der Waals surface area (Å²) in [6.45, 7) is 9.37. The maximum atomic E-state index is 10.3. The second-order valence-electron chi connectivity index (χ2n) is 7.19. The van der Waals surface area contributed by atoms with Crippen LogP contribution in [0.4, 0.5) is 0 Å². The lowest BCUT2D eigenvalue weighted by atomic mass is 9.71. The number of benzene rings is 1. The fraction of sp³-hybridized carbons (Fsp3) is 0.667. The third-order valence-corrected chi connectivity index (χ3v) is 4.64. The molecule has 2 heteroatoms. The van der Waals surface area contributed by atoms with E-state index in [0.717, 1.165) is 19.3 Å². The van der Waals surface area contributed by atoms with E-state index in [1.54, 1.807) is 0 Å². The van der Waals surface area contributed by atoms with Gasteiger partial charge in [0.2, 0.25) is 0 Å². The van der Waals surface area contributed by atoms with Gasteiger partial charge in [0.25, 0.3) is 0 Å².